The predicted octanol–water partition coefficient (Wildman–Crippen LogP) is 4.40. The van der Waals surface area contributed by atoms with Gasteiger partial charge in [-0.25, -0.2) is 9.18 Å². The molecule has 0 bridgehead atoms. The van der Waals surface area contributed by atoms with Gasteiger partial charge in [0.15, 0.2) is 11.0 Å². The smallest absolute Gasteiger partial charge is 0.341 e. The summed E-state index contributed by atoms with van der Waals surface area (Å²) in [7, 11) is 1.34. The lowest BCUT2D eigenvalue weighted by molar-refractivity contribution is 0.0599. The van der Waals surface area contributed by atoms with Crippen LogP contribution >= 0.6 is 11.8 Å². The maximum absolute atomic E-state index is 14.2. The molecule has 0 radical (unpaired) electrons. The number of benzene rings is 1. The van der Waals surface area contributed by atoms with E-state index in [0.717, 1.165) is 12.8 Å². The van der Waals surface area contributed by atoms with E-state index in [9.17, 15) is 9.18 Å². The molecule has 8 heteroatoms. The Kier molecular flexibility index (Phi) is 4.73. The second kappa shape index (κ2) is 7.19. The van der Waals surface area contributed by atoms with Gasteiger partial charge in [-0.3, -0.25) is 4.57 Å². The molecule has 0 unspecified atom stereocenters. The molecule has 0 atom stereocenters. The summed E-state index contributed by atoms with van der Waals surface area (Å²) in [6.07, 6.45) is 2.05. The van der Waals surface area contributed by atoms with Crippen molar-refractivity contribution in [3.8, 4) is 11.4 Å². The summed E-state index contributed by atoms with van der Waals surface area (Å²) in [4.78, 5) is 11.7. The fourth-order valence-corrected chi connectivity index (χ4v) is 3.81. The molecule has 4 rings (SSSR count). The Balaban J connectivity index is 1.59. The monoisotopic (exact) mass is 387 g/mol. The number of ether oxygens (including phenoxy) is 1. The Morgan fingerprint density at radius 2 is 2.15 bits per heavy atom. The van der Waals surface area contributed by atoms with Gasteiger partial charge in [0, 0.05) is 6.04 Å². The van der Waals surface area contributed by atoms with Crippen LogP contribution in [-0.2, 0) is 10.5 Å². The Morgan fingerprint density at radius 3 is 2.85 bits per heavy atom. The molecule has 1 aromatic carbocycles. The van der Waals surface area contributed by atoms with Crippen LogP contribution in [0.2, 0.25) is 0 Å². The van der Waals surface area contributed by atoms with Gasteiger partial charge in [0.05, 0.1) is 18.4 Å². The number of aryl methyl sites for hydroxylation is 1. The number of rotatable bonds is 6. The standard InChI is InChI=1S/C19H18FN3O3S/c1-11-15(18(24)25-2)9-13(26-11)10-27-19-22-21-17(23(19)12-7-8-12)14-5-3-4-6-16(14)20/h3-6,9,12H,7-8,10H2,1-2H3. The molecule has 1 aliphatic carbocycles. The largest absolute Gasteiger partial charge is 0.465 e. The van der Waals surface area contributed by atoms with E-state index in [0.29, 0.717) is 45.4 Å². The van der Waals surface area contributed by atoms with Crippen molar-refractivity contribution in [3.63, 3.8) is 0 Å². The average molecular weight is 387 g/mol. The van der Waals surface area contributed by atoms with E-state index in [2.05, 4.69) is 10.2 Å². The summed E-state index contributed by atoms with van der Waals surface area (Å²) in [5.41, 5.74) is 0.870. The molecule has 0 amide bonds. The van der Waals surface area contributed by atoms with Crippen molar-refractivity contribution in [2.24, 2.45) is 0 Å². The molecule has 0 aliphatic heterocycles. The van der Waals surface area contributed by atoms with Gasteiger partial charge in [0.2, 0.25) is 0 Å². The minimum atomic E-state index is -0.421. The number of hydrogen-bond acceptors (Lipinski definition) is 6. The molecule has 0 N–H and O–H groups in total. The first-order valence-electron chi connectivity index (χ1n) is 8.58. The fourth-order valence-electron chi connectivity index (χ4n) is 2.93. The van der Waals surface area contributed by atoms with E-state index in [1.165, 1.54) is 24.9 Å². The highest BCUT2D eigenvalue weighted by Crippen LogP contribution is 2.42. The van der Waals surface area contributed by atoms with Gasteiger partial charge in [-0.1, -0.05) is 23.9 Å². The van der Waals surface area contributed by atoms with Gasteiger partial charge in [0.25, 0.3) is 0 Å². The molecule has 1 fully saturated rings. The van der Waals surface area contributed by atoms with Crippen LogP contribution in [0, 0.1) is 12.7 Å². The van der Waals surface area contributed by atoms with Gasteiger partial charge in [-0.15, -0.1) is 10.2 Å². The number of methoxy groups -OCH3 is 1. The molecule has 0 spiro atoms. The SMILES string of the molecule is COC(=O)c1cc(CSc2nnc(-c3ccccc3F)n2C2CC2)oc1C. The van der Waals surface area contributed by atoms with Crippen molar-refractivity contribution < 1.29 is 18.3 Å². The molecule has 140 valence electrons. The topological polar surface area (TPSA) is 70.2 Å². The maximum atomic E-state index is 14.2. The van der Waals surface area contributed by atoms with Crippen molar-refractivity contribution in [1.82, 2.24) is 14.8 Å². The average Bonchev–Trinajstić information content (AvgIpc) is 3.31. The normalized spacial score (nSPS) is 13.7. The van der Waals surface area contributed by atoms with Gasteiger partial charge >= 0.3 is 5.97 Å². The van der Waals surface area contributed by atoms with Crippen LogP contribution in [0.3, 0.4) is 0 Å². The lowest BCUT2D eigenvalue weighted by atomic mass is 10.2. The summed E-state index contributed by atoms with van der Waals surface area (Å²) >= 11 is 1.45. The summed E-state index contributed by atoms with van der Waals surface area (Å²) in [6, 6.07) is 8.56. The van der Waals surface area contributed by atoms with E-state index >= 15 is 0 Å². The lowest BCUT2D eigenvalue weighted by Gasteiger charge is -2.08. The number of halogens is 1. The number of carbonyl (C=O) groups is 1. The zero-order chi connectivity index (χ0) is 19.0. The Labute approximate surface area is 159 Å². The number of thioether (sulfide) groups is 1. The third-order valence-corrected chi connectivity index (χ3v) is 5.37. The molecule has 6 nitrogen and oxygen atoms in total. The first kappa shape index (κ1) is 17.8. The van der Waals surface area contributed by atoms with Crippen LogP contribution in [0.4, 0.5) is 4.39 Å². The third-order valence-electron chi connectivity index (χ3n) is 4.41. The van der Waals surface area contributed by atoms with Crippen molar-refractivity contribution in [2.45, 2.75) is 36.7 Å². The van der Waals surface area contributed by atoms with Gasteiger partial charge in [-0.2, -0.15) is 0 Å². The Hall–Kier alpha value is -2.61. The van der Waals surface area contributed by atoms with Gasteiger partial charge in [-0.05, 0) is 38.0 Å². The number of nitrogens with zero attached hydrogens (tertiary/aromatic N) is 3. The Morgan fingerprint density at radius 1 is 1.37 bits per heavy atom. The fraction of sp³-hybridized carbons (Fsp3) is 0.316. The summed E-state index contributed by atoms with van der Waals surface area (Å²) in [6.45, 7) is 1.73. The van der Waals surface area contributed by atoms with Crippen molar-refractivity contribution >= 4 is 17.7 Å². The van der Waals surface area contributed by atoms with Crippen LogP contribution in [-0.4, -0.2) is 27.8 Å². The minimum absolute atomic E-state index is 0.293. The second-order valence-corrected chi connectivity index (χ2v) is 7.29. The lowest BCUT2D eigenvalue weighted by Crippen LogP contribution is -2.01. The molecule has 3 aromatic rings. The quantitative estimate of drug-likeness (QED) is 0.461. The molecular formula is C19H18FN3O3S. The van der Waals surface area contributed by atoms with Crippen molar-refractivity contribution in [1.29, 1.82) is 0 Å². The van der Waals surface area contributed by atoms with Crippen molar-refractivity contribution in [2.75, 3.05) is 7.11 Å². The first-order chi connectivity index (χ1) is 13.1. The molecule has 1 saturated carbocycles. The molecule has 2 heterocycles. The van der Waals surface area contributed by atoms with Crippen LogP contribution in [0.5, 0.6) is 0 Å². The van der Waals surface area contributed by atoms with Crippen LogP contribution < -0.4 is 0 Å². The van der Waals surface area contributed by atoms with E-state index < -0.39 is 5.97 Å². The number of hydrogen-bond donors (Lipinski definition) is 0. The third kappa shape index (κ3) is 3.49. The number of esters is 1. The molecule has 1 aliphatic rings. The van der Waals surface area contributed by atoms with Crippen LogP contribution in [0.25, 0.3) is 11.4 Å². The summed E-state index contributed by atoms with van der Waals surface area (Å²) in [5, 5.41) is 9.21. The van der Waals surface area contributed by atoms with Crippen LogP contribution in [0.1, 0.15) is 40.8 Å². The van der Waals surface area contributed by atoms with Crippen molar-refractivity contribution in [3.05, 3.63) is 53.2 Å². The molecule has 27 heavy (non-hydrogen) atoms. The summed E-state index contributed by atoms with van der Waals surface area (Å²) in [5.74, 6) is 1.47. The van der Waals surface area contributed by atoms with Crippen LogP contribution in [0.15, 0.2) is 39.9 Å². The van der Waals surface area contributed by atoms with Gasteiger partial charge < -0.3 is 9.15 Å². The second-order valence-electron chi connectivity index (χ2n) is 6.35. The highest BCUT2D eigenvalue weighted by Gasteiger charge is 2.31. The minimum Gasteiger partial charge on any atom is -0.465 e. The summed E-state index contributed by atoms with van der Waals surface area (Å²) < 4.78 is 26.6. The molecular weight excluding hydrogens is 369 g/mol. The number of furan rings is 1. The van der Waals surface area contributed by atoms with E-state index in [-0.39, 0.29) is 5.82 Å². The Bertz CT molecular complexity index is 994. The molecule has 2 aromatic heterocycles. The number of aromatic nitrogens is 3. The van der Waals surface area contributed by atoms with E-state index in [1.54, 1.807) is 31.2 Å². The zero-order valence-corrected chi connectivity index (χ0v) is 15.8. The van der Waals surface area contributed by atoms with E-state index in [4.69, 9.17) is 9.15 Å². The predicted molar refractivity (Wildman–Crippen MR) is 98.0 cm³/mol. The zero-order valence-electron chi connectivity index (χ0n) is 14.9. The first-order valence-corrected chi connectivity index (χ1v) is 9.57. The maximum Gasteiger partial charge on any atom is 0.341 e. The highest BCUT2D eigenvalue weighted by atomic mass is 32.2. The highest BCUT2D eigenvalue weighted by molar-refractivity contribution is 7.98. The number of carbonyl (C=O) groups excluding carboxylic acids is 1. The van der Waals surface area contributed by atoms with Gasteiger partial charge in [0.1, 0.15) is 22.9 Å². The molecule has 0 saturated heterocycles. The van der Waals surface area contributed by atoms with E-state index in [1.807, 2.05) is 4.57 Å².